The van der Waals surface area contributed by atoms with E-state index >= 15 is 0 Å². The quantitative estimate of drug-likeness (QED) is 0.785. The molecular weight excluding hydrogens is 276 g/mol. The number of carbonyl (C=O) groups excluding carboxylic acids is 1. The van der Waals surface area contributed by atoms with Gasteiger partial charge in [-0.1, -0.05) is 17.7 Å². The van der Waals surface area contributed by atoms with Gasteiger partial charge in [0.25, 0.3) is 5.91 Å². The smallest absolute Gasteiger partial charge is 0.275 e. The van der Waals surface area contributed by atoms with Crippen molar-refractivity contribution in [2.45, 2.75) is 0 Å². The van der Waals surface area contributed by atoms with Gasteiger partial charge in [0.1, 0.15) is 10.8 Å². The van der Waals surface area contributed by atoms with Crippen molar-refractivity contribution in [3.05, 3.63) is 59.8 Å². The highest BCUT2D eigenvalue weighted by Crippen LogP contribution is 2.17. The molecule has 0 saturated carbocycles. The van der Waals surface area contributed by atoms with Crippen molar-refractivity contribution in [1.29, 1.82) is 0 Å². The molecule has 0 bridgehead atoms. The molecule has 1 amide bonds. The van der Waals surface area contributed by atoms with E-state index in [2.05, 4.69) is 20.3 Å². The topological polar surface area (TPSA) is 67.8 Å². The van der Waals surface area contributed by atoms with Gasteiger partial charge in [-0.25, -0.2) is 9.97 Å². The summed E-state index contributed by atoms with van der Waals surface area (Å²) in [6.07, 6.45) is 4.39. The first kappa shape index (κ1) is 12.5. The number of hydrogen-bond donors (Lipinski definition) is 1. The predicted octanol–water partition coefficient (Wildman–Crippen LogP) is 2.93. The number of halogens is 1. The van der Waals surface area contributed by atoms with E-state index in [0.717, 1.165) is 10.9 Å². The minimum Gasteiger partial charge on any atom is -0.321 e. The summed E-state index contributed by atoms with van der Waals surface area (Å²) < 4.78 is 0. The number of anilines is 1. The van der Waals surface area contributed by atoms with Crippen LogP contribution in [0.2, 0.25) is 5.15 Å². The Hall–Kier alpha value is -2.53. The van der Waals surface area contributed by atoms with E-state index in [4.69, 9.17) is 11.6 Å². The van der Waals surface area contributed by atoms with Crippen LogP contribution in [0.15, 0.2) is 48.9 Å². The Bertz CT molecular complexity index is 773. The van der Waals surface area contributed by atoms with Crippen molar-refractivity contribution in [3.8, 4) is 0 Å². The number of nitrogens with zero attached hydrogens (tertiary/aromatic N) is 3. The molecule has 20 heavy (non-hydrogen) atoms. The molecule has 0 aliphatic heterocycles. The Morgan fingerprint density at radius 2 is 2.00 bits per heavy atom. The third-order valence-corrected chi connectivity index (χ3v) is 2.91. The Morgan fingerprint density at radius 1 is 1.10 bits per heavy atom. The number of amides is 1. The zero-order chi connectivity index (χ0) is 13.9. The highest BCUT2D eigenvalue weighted by molar-refractivity contribution is 6.29. The predicted molar refractivity (Wildman–Crippen MR) is 76.7 cm³/mol. The molecule has 0 spiro atoms. The Morgan fingerprint density at radius 3 is 2.80 bits per heavy atom. The second-order valence-electron chi connectivity index (χ2n) is 4.09. The Kier molecular flexibility index (Phi) is 3.26. The lowest BCUT2D eigenvalue weighted by Gasteiger charge is -2.05. The molecule has 0 radical (unpaired) electrons. The van der Waals surface area contributed by atoms with Crippen LogP contribution in [0, 0.1) is 0 Å². The van der Waals surface area contributed by atoms with E-state index in [1.54, 1.807) is 12.3 Å². The van der Waals surface area contributed by atoms with E-state index in [1.807, 2.05) is 24.3 Å². The molecule has 0 atom stereocenters. The standard InChI is InChI=1S/C14H9ClN4O/c15-13-8-17-12(7-18-13)14(20)19-10-3-4-11-9(6-10)2-1-5-16-11/h1-8H,(H,19,20). The van der Waals surface area contributed by atoms with Crippen LogP contribution >= 0.6 is 11.6 Å². The largest absolute Gasteiger partial charge is 0.321 e. The van der Waals surface area contributed by atoms with Crippen LogP contribution in [0.4, 0.5) is 5.69 Å². The van der Waals surface area contributed by atoms with Gasteiger partial charge in [0.15, 0.2) is 0 Å². The number of fused-ring (bicyclic) bond motifs is 1. The molecule has 6 heteroatoms. The normalized spacial score (nSPS) is 10.4. The fourth-order valence-corrected chi connectivity index (χ4v) is 1.88. The second-order valence-corrected chi connectivity index (χ2v) is 4.48. The van der Waals surface area contributed by atoms with Crippen LogP contribution in [-0.4, -0.2) is 20.9 Å². The fraction of sp³-hybridized carbons (Fsp3) is 0. The summed E-state index contributed by atoms with van der Waals surface area (Å²) >= 11 is 5.63. The first-order chi connectivity index (χ1) is 9.72. The van der Waals surface area contributed by atoms with Gasteiger partial charge in [-0.15, -0.1) is 0 Å². The second kappa shape index (κ2) is 5.22. The summed E-state index contributed by atoms with van der Waals surface area (Å²) in [5, 5.41) is 3.96. The van der Waals surface area contributed by atoms with Crippen molar-refractivity contribution in [2.75, 3.05) is 5.32 Å². The summed E-state index contributed by atoms with van der Waals surface area (Å²) in [6, 6.07) is 9.26. The summed E-state index contributed by atoms with van der Waals surface area (Å²) in [6.45, 7) is 0. The molecule has 2 aromatic heterocycles. The van der Waals surface area contributed by atoms with Gasteiger partial charge in [0, 0.05) is 17.3 Å². The molecule has 0 aliphatic carbocycles. The van der Waals surface area contributed by atoms with Gasteiger partial charge in [0.2, 0.25) is 0 Å². The van der Waals surface area contributed by atoms with Gasteiger partial charge in [-0.05, 0) is 24.3 Å². The van der Waals surface area contributed by atoms with E-state index in [9.17, 15) is 4.79 Å². The molecule has 98 valence electrons. The lowest BCUT2D eigenvalue weighted by atomic mass is 10.2. The number of benzene rings is 1. The molecule has 0 unspecified atom stereocenters. The third kappa shape index (κ3) is 2.57. The molecule has 3 rings (SSSR count). The molecule has 2 heterocycles. The first-order valence-corrected chi connectivity index (χ1v) is 6.24. The molecule has 0 fully saturated rings. The van der Waals surface area contributed by atoms with Crippen LogP contribution in [0.5, 0.6) is 0 Å². The minimum atomic E-state index is -0.336. The maximum atomic E-state index is 12.0. The maximum absolute atomic E-state index is 12.0. The molecule has 0 aliphatic rings. The number of pyridine rings is 1. The SMILES string of the molecule is O=C(Nc1ccc2ncccc2c1)c1cnc(Cl)cn1. The van der Waals surface area contributed by atoms with Crippen LogP contribution in [-0.2, 0) is 0 Å². The van der Waals surface area contributed by atoms with E-state index in [0.29, 0.717) is 5.69 Å². The Balaban J connectivity index is 1.85. The molecule has 1 N–H and O–H groups in total. The average Bonchev–Trinajstić information content (AvgIpc) is 2.48. The van der Waals surface area contributed by atoms with Gasteiger partial charge in [0.05, 0.1) is 17.9 Å². The van der Waals surface area contributed by atoms with E-state index in [-0.39, 0.29) is 16.8 Å². The van der Waals surface area contributed by atoms with Gasteiger partial charge >= 0.3 is 0 Å². The van der Waals surface area contributed by atoms with Crippen LogP contribution in [0.25, 0.3) is 10.9 Å². The zero-order valence-electron chi connectivity index (χ0n) is 10.2. The van der Waals surface area contributed by atoms with E-state index < -0.39 is 0 Å². The maximum Gasteiger partial charge on any atom is 0.275 e. The summed E-state index contributed by atoms with van der Waals surface area (Å²) in [4.78, 5) is 24.0. The molecular formula is C14H9ClN4O. The number of nitrogens with one attached hydrogen (secondary N) is 1. The number of aromatic nitrogens is 3. The molecule has 5 nitrogen and oxygen atoms in total. The molecule has 0 saturated heterocycles. The summed E-state index contributed by atoms with van der Waals surface area (Å²) in [5.74, 6) is -0.336. The number of carbonyl (C=O) groups is 1. The Labute approximate surface area is 119 Å². The fourth-order valence-electron chi connectivity index (χ4n) is 1.78. The van der Waals surface area contributed by atoms with E-state index in [1.165, 1.54) is 12.4 Å². The monoisotopic (exact) mass is 284 g/mol. The lowest BCUT2D eigenvalue weighted by molar-refractivity contribution is 0.102. The van der Waals surface area contributed by atoms with Crippen molar-refractivity contribution < 1.29 is 4.79 Å². The van der Waals surface area contributed by atoms with Crippen molar-refractivity contribution >= 4 is 34.1 Å². The molecule has 3 aromatic rings. The third-order valence-electron chi connectivity index (χ3n) is 2.71. The molecule has 1 aromatic carbocycles. The lowest BCUT2D eigenvalue weighted by Crippen LogP contribution is -2.13. The number of hydrogen-bond acceptors (Lipinski definition) is 4. The highest BCUT2D eigenvalue weighted by atomic mass is 35.5. The van der Waals surface area contributed by atoms with Crippen LogP contribution in [0.1, 0.15) is 10.5 Å². The van der Waals surface area contributed by atoms with Crippen molar-refractivity contribution in [2.24, 2.45) is 0 Å². The van der Waals surface area contributed by atoms with Crippen molar-refractivity contribution in [1.82, 2.24) is 15.0 Å². The average molecular weight is 285 g/mol. The zero-order valence-corrected chi connectivity index (χ0v) is 11.0. The summed E-state index contributed by atoms with van der Waals surface area (Å²) in [7, 11) is 0. The van der Waals surface area contributed by atoms with Gasteiger partial charge in [-0.3, -0.25) is 9.78 Å². The van der Waals surface area contributed by atoms with Crippen LogP contribution < -0.4 is 5.32 Å². The summed E-state index contributed by atoms with van der Waals surface area (Å²) in [5.41, 5.74) is 1.75. The van der Waals surface area contributed by atoms with Gasteiger partial charge < -0.3 is 5.32 Å². The highest BCUT2D eigenvalue weighted by Gasteiger charge is 2.08. The first-order valence-electron chi connectivity index (χ1n) is 5.86. The number of rotatable bonds is 2. The minimum absolute atomic E-state index is 0.209. The van der Waals surface area contributed by atoms with Gasteiger partial charge in [-0.2, -0.15) is 0 Å². The van der Waals surface area contributed by atoms with Crippen LogP contribution in [0.3, 0.4) is 0 Å². The van der Waals surface area contributed by atoms with Crippen molar-refractivity contribution in [3.63, 3.8) is 0 Å².